The number of hydrogen-bond donors (Lipinski definition) is 0. The fourth-order valence-electron chi connectivity index (χ4n) is 2.39. The lowest BCUT2D eigenvalue weighted by Gasteiger charge is -2.17. The van der Waals surface area contributed by atoms with Gasteiger partial charge in [0.2, 0.25) is 6.29 Å². The highest BCUT2D eigenvalue weighted by Gasteiger charge is 2.24. The largest absolute Gasteiger partial charge is 0.479 e. The van der Waals surface area contributed by atoms with Gasteiger partial charge in [0.25, 0.3) is 0 Å². The number of halogens is 2. The van der Waals surface area contributed by atoms with Crippen LogP contribution in [0.3, 0.4) is 0 Å². The van der Waals surface area contributed by atoms with E-state index < -0.39 is 18.4 Å². The maximum Gasteiger partial charge on any atom is 0.349 e. The number of esters is 1. The van der Waals surface area contributed by atoms with Crippen LogP contribution in [-0.2, 0) is 14.3 Å². The summed E-state index contributed by atoms with van der Waals surface area (Å²) in [5.74, 6) is 1.15. The van der Waals surface area contributed by atoms with Crippen LogP contribution < -0.4 is 9.47 Å². The minimum Gasteiger partial charge on any atom is -0.479 e. The van der Waals surface area contributed by atoms with E-state index in [1.807, 2.05) is 0 Å². The lowest BCUT2D eigenvalue weighted by atomic mass is 10.3. The van der Waals surface area contributed by atoms with Crippen LogP contribution in [0, 0.1) is 0 Å². The summed E-state index contributed by atoms with van der Waals surface area (Å²) in [6.07, 6.45) is 0.412. The molecule has 1 fully saturated rings. The molecule has 3 rings (SSSR count). The molecular weight excluding hydrogens is 379 g/mol. The monoisotopic (exact) mass is 396 g/mol. The molecule has 0 radical (unpaired) electrons. The van der Waals surface area contributed by atoms with Gasteiger partial charge < -0.3 is 18.9 Å². The van der Waals surface area contributed by atoms with Gasteiger partial charge in [-0.1, -0.05) is 23.2 Å². The molecule has 138 valence electrons. The van der Waals surface area contributed by atoms with Gasteiger partial charge in [-0.05, 0) is 55.8 Å². The maximum atomic E-state index is 12.0. The van der Waals surface area contributed by atoms with Crippen molar-refractivity contribution in [2.24, 2.45) is 0 Å². The summed E-state index contributed by atoms with van der Waals surface area (Å²) >= 11 is 12.0. The fourth-order valence-corrected chi connectivity index (χ4v) is 2.84. The molecule has 0 bridgehead atoms. The average Bonchev–Trinajstić information content (AvgIpc) is 3.12. The second-order valence-corrected chi connectivity index (χ2v) is 6.63. The van der Waals surface area contributed by atoms with Gasteiger partial charge in [0.05, 0.1) is 11.6 Å². The summed E-state index contributed by atoms with van der Waals surface area (Å²) in [5.41, 5.74) is 0. The molecule has 2 atom stereocenters. The number of benzene rings is 2. The molecule has 1 aliphatic heterocycles. The Morgan fingerprint density at radius 1 is 1.15 bits per heavy atom. The van der Waals surface area contributed by atoms with Crippen molar-refractivity contribution in [3.8, 4) is 17.2 Å². The van der Waals surface area contributed by atoms with Crippen LogP contribution >= 0.6 is 23.2 Å². The van der Waals surface area contributed by atoms with Crippen molar-refractivity contribution in [2.75, 3.05) is 6.61 Å². The van der Waals surface area contributed by atoms with Gasteiger partial charge in [-0.15, -0.1) is 0 Å². The van der Waals surface area contributed by atoms with Crippen LogP contribution in [0.15, 0.2) is 42.5 Å². The van der Waals surface area contributed by atoms with E-state index in [0.29, 0.717) is 33.9 Å². The minimum absolute atomic E-state index is 0.420. The highest BCUT2D eigenvalue weighted by Crippen LogP contribution is 2.32. The highest BCUT2D eigenvalue weighted by molar-refractivity contribution is 6.35. The van der Waals surface area contributed by atoms with Crippen molar-refractivity contribution in [2.45, 2.75) is 32.2 Å². The molecule has 0 amide bonds. The summed E-state index contributed by atoms with van der Waals surface area (Å²) in [6, 6.07) is 11.8. The van der Waals surface area contributed by atoms with E-state index >= 15 is 0 Å². The predicted octanol–water partition coefficient (Wildman–Crippen LogP) is 5.23. The van der Waals surface area contributed by atoms with Crippen LogP contribution in [0.25, 0.3) is 0 Å². The molecule has 2 aromatic carbocycles. The van der Waals surface area contributed by atoms with Crippen LogP contribution in [0.4, 0.5) is 0 Å². The number of ether oxygens (including phenoxy) is 4. The number of carbonyl (C=O) groups excluding carboxylic acids is 1. The second kappa shape index (κ2) is 8.62. The Bertz CT molecular complexity index is 757. The van der Waals surface area contributed by atoms with E-state index in [1.54, 1.807) is 49.4 Å². The predicted molar refractivity (Wildman–Crippen MR) is 98.1 cm³/mol. The van der Waals surface area contributed by atoms with Gasteiger partial charge in [0.15, 0.2) is 6.10 Å². The Morgan fingerprint density at radius 2 is 1.88 bits per heavy atom. The lowest BCUT2D eigenvalue weighted by Crippen LogP contribution is -2.29. The molecule has 1 saturated heterocycles. The molecule has 0 saturated carbocycles. The molecule has 0 spiro atoms. The summed E-state index contributed by atoms with van der Waals surface area (Å²) < 4.78 is 21.8. The molecule has 5 nitrogen and oxygen atoms in total. The zero-order valence-corrected chi connectivity index (χ0v) is 15.6. The first-order valence-corrected chi connectivity index (χ1v) is 8.98. The van der Waals surface area contributed by atoms with E-state index in [2.05, 4.69) is 0 Å². The first-order valence-electron chi connectivity index (χ1n) is 8.23. The standard InChI is InChI=1S/C19H18Cl2O5/c1-12(19(22)26-18-3-2-10-23-18)24-14-5-7-15(8-6-14)25-17-9-4-13(20)11-16(17)21/h4-9,11-12,18H,2-3,10H2,1H3/t12-,18?/m1/s1. The SMILES string of the molecule is C[C@@H](Oc1ccc(Oc2ccc(Cl)cc2Cl)cc1)C(=O)OC1CCCO1. The van der Waals surface area contributed by atoms with E-state index in [-0.39, 0.29) is 0 Å². The smallest absolute Gasteiger partial charge is 0.349 e. The van der Waals surface area contributed by atoms with Gasteiger partial charge in [0.1, 0.15) is 17.2 Å². The van der Waals surface area contributed by atoms with E-state index in [4.69, 9.17) is 42.1 Å². The van der Waals surface area contributed by atoms with Gasteiger partial charge in [0, 0.05) is 11.4 Å². The van der Waals surface area contributed by atoms with Crippen LogP contribution in [0.5, 0.6) is 17.2 Å². The molecular formula is C19H18Cl2O5. The molecule has 26 heavy (non-hydrogen) atoms. The van der Waals surface area contributed by atoms with Crippen LogP contribution in [0.1, 0.15) is 19.8 Å². The third kappa shape index (κ3) is 5.04. The van der Waals surface area contributed by atoms with Crippen LogP contribution in [-0.4, -0.2) is 25.0 Å². The van der Waals surface area contributed by atoms with Gasteiger partial charge in [-0.3, -0.25) is 0 Å². The second-order valence-electron chi connectivity index (χ2n) is 5.79. The van der Waals surface area contributed by atoms with Crippen molar-refractivity contribution in [3.05, 3.63) is 52.5 Å². The number of carbonyl (C=O) groups is 1. The molecule has 1 unspecified atom stereocenters. The Labute approximate surface area is 161 Å². The number of hydrogen-bond acceptors (Lipinski definition) is 5. The van der Waals surface area contributed by atoms with Crippen molar-refractivity contribution >= 4 is 29.2 Å². The van der Waals surface area contributed by atoms with Gasteiger partial charge >= 0.3 is 5.97 Å². The lowest BCUT2D eigenvalue weighted by molar-refractivity contribution is -0.177. The zero-order chi connectivity index (χ0) is 18.5. The van der Waals surface area contributed by atoms with Crippen molar-refractivity contribution in [1.82, 2.24) is 0 Å². The molecule has 0 aliphatic carbocycles. The summed E-state index contributed by atoms with van der Waals surface area (Å²) in [6.45, 7) is 2.25. The zero-order valence-electron chi connectivity index (χ0n) is 14.1. The van der Waals surface area contributed by atoms with Gasteiger partial charge in [-0.2, -0.15) is 0 Å². The highest BCUT2D eigenvalue weighted by atomic mass is 35.5. The third-order valence-electron chi connectivity index (χ3n) is 3.73. The molecule has 7 heteroatoms. The van der Waals surface area contributed by atoms with Gasteiger partial charge in [-0.25, -0.2) is 4.79 Å². The summed E-state index contributed by atoms with van der Waals surface area (Å²) in [4.78, 5) is 12.0. The topological polar surface area (TPSA) is 54.0 Å². The molecule has 1 aliphatic rings. The average molecular weight is 397 g/mol. The Balaban J connectivity index is 1.55. The Morgan fingerprint density at radius 3 is 2.54 bits per heavy atom. The van der Waals surface area contributed by atoms with E-state index in [0.717, 1.165) is 12.8 Å². The number of rotatable bonds is 6. The Kier molecular flexibility index (Phi) is 6.25. The van der Waals surface area contributed by atoms with Crippen molar-refractivity contribution in [3.63, 3.8) is 0 Å². The van der Waals surface area contributed by atoms with Crippen LogP contribution in [0.2, 0.25) is 10.0 Å². The summed E-state index contributed by atoms with van der Waals surface area (Å²) in [5, 5.41) is 0.957. The Hall–Kier alpha value is -1.95. The minimum atomic E-state index is -0.739. The maximum absolute atomic E-state index is 12.0. The summed E-state index contributed by atoms with van der Waals surface area (Å²) in [7, 11) is 0. The van der Waals surface area contributed by atoms with Crippen molar-refractivity contribution < 1.29 is 23.7 Å². The quantitative estimate of drug-likeness (QED) is 0.625. The van der Waals surface area contributed by atoms with Crippen molar-refractivity contribution in [1.29, 1.82) is 0 Å². The molecule has 0 N–H and O–H groups in total. The first-order chi connectivity index (χ1) is 12.5. The molecule has 2 aromatic rings. The fraction of sp³-hybridized carbons (Fsp3) is 0.316. The van der Waals surface area contributed by atoms with E-state index in [1.165, 1.54) is 0 Å². The molecule has 0 aromatic heterocycles. The normalized spacial score (nSPS) is 17.6. The first kappa shape index (κ1) is 18.8. The van der Waals surface area contributed by atoms with E-state index in [9.17, 15) is 4.79 Å². The molecule has 1 heterocycles. The third-order valence-corrected chi connectivity index (χ3v) is 4.26.